The van der Waals surface area contributed by atoms with E-state index in [1.54, 1.807) is 9.80 Å². The molecule has 4 aromatic carbocycles. The molecular weight excluding hydrogens is 959 g/mol. The van der Waals surface area contributed by atoms with Gasteiger partial charge in [-0.3, -0.25) is 9.59 Å². The number of benzene rings is 4. The molecule has 6 aromatic rings. The molecule has 0 aliphatic carbocycles. The zero-order valence-electron chi connectivity index (χ0n) is 43.6. The molecule has 4 fully saturated rings. The minimum atomic E-state index is -0.767. The lowest BCUT2D eigenvalue weighted by Gasteiger charge is -2.36. The van der Waals surface area contributed by atoms with Crippen molar-refractivity contribution in [1.82, 2.24) is 40.4 Å². The Morgan fingerprint density at radius 3 is 1.49 bits per heavy atom. The summed E-state index contributed by atoms with van der Waals surface area (Å²) >= 11 is 0. The van der Waals surface area contributed by atoms with Gasteiger partial charge in [0.05, 0.1) is 60.5 Å². The number of alkyl carbamates (subject to hydrolysis) is 2. The highest BCUT2D eigenvalue weighted by Crippen LogP contribution is 2.49. The van der Waals surface area contributed by atoms with E-state index in [2.05, 4.69) is 49.8 Å². The van der Waals surface area contributed by atoms with Gasteiger partial charge >= 0.3 is 12.2 Å². The molecule has 18 heteroatoms. The Kier molecular flexibility index (Phi) is 14.7. The number of H-pyrrole nitrogens is 2. The maximum Gasteiger partial charge on any atom is 0.407 e. The van der Waals surface area contributed by atoms with Gasteiger partial charge in [0.1, 0.15) is 29.4 Å². The fraction of sp³-hybridized carbons (Fsp3) is 0.474. The fourth-order valence-electron chi connectivity index (χ4n) is 12.2. The molecule has 4 aliphatic heterocycles. The van der Waals surface area contributed by atoms with Crippen molar-refractivity contribution in [3.63, 3.8) is 0 Å². The van der Waals surface area contributed by atoms with Crippen LogP contribution in [-0.2, 0) is 19.1 Å². The summed E-state index contributed by atoms with van der Waals surface area (Å²) in [6.45, 7) is 9.64. The number of piperidine rings is 1. The van der Waals surface area contributed by atoms with Crippen LogP contribution in [0, 0.1) is 23.5 Å². The Morgan fingerprint density at radius 1 is 0.587 bits per heavy atom. The first-order valence-corrected chi connectivity index (χ1v) is 26.6. The van der Waals surface area contributed by atoms with Crippen molar-refractivity contribution in [2.45, 2.75) is 121 Å². The van der Waals surface area contributed by atoms with Crippen molar-refractivity contribution in [2.24, 2.45) is 11.8 Å². The van der Waals surface area contributed by atoms with Gasteiger partial charge in [-0.25, -0.2) is 28.3 Å². The molecule has 6 atom stereocenters. The summed E-state index contributed by atoms with van der Waals surface area (Å²) in [5.41, 5.74) is 6.54. The number of nitrogens with one attached hydrogen (secondary N) is 4. The average molecular weight is 1030 g/mol. The van der Waals surface area contributed by atoms with Crippen molar-refractivity contribution >= 4 is 57.4 Å². The van der Waals surface area contributed by atoms with E-state index < -0.39 is 35.9 Å². The summed E-state index contributed by atoms with van der Waals surface area (Å²) in [6.07, 6.45) is 4.54. The molecule has 1 unspecified atom stereocenters. The molecule has 0 saturated carbocycles. The molecule has 0 radical (unpaired) electrons. The van der Waals surface area contributed by atoms with Crippen LogP contribution < -0.4 is 20.4 Å². The number of amides is 4. The smallest absolute Gasteiger partial charge is 0.407 e. The predicted octanol–water partition coefficient (Wildman–Crippen LogP) is 10.3. The molecule has 6 heterocycles. The number of carbonyl (C=O) groups is 4. The molecule has 16 nitrogen and oxygen atoms in total. The van der Waals surface area contributed by atoms with E-state index in [-0.39, 0.29) is 53.5 Å². The zero-order valence-corrected chi connectivity index (χ0v) is 43.6. The molecule has 4 amide bonds. The predicted molar refractivity (Wildman–Crippen MR) is 282 cm³/mol. The Labute approximate surface area is 435 Å². The molecule has 0 spiro atoms. The number of aromatic amines is 2. The molecule has 10 rings (SSSR count). The zero-order chi connectivity index (χ0) is 52.7. The summed E-state index contributed by atoms with van der Waals surface area (Å²) in [4.78, 5) is 77.0. The van der Waals surface area contributed by atoms with Crippen LogP contribution in [0.1, 0.15) is 137 Å². The fourth-order valence-corrected chi connectivity index (χ4v) is 12.2. The summed E-state index contributed by atoms with van der Waals surface area (Å²) < 4.78 is 43.3. The first-order chi connectivity index (χ1) is 36.2. The summed E-state index contributed by atoms with van der Waals surface area (Å²) in [5.74, 6) is -0.332. The van der Waals surface area contributed by atoms with Crippen LogP contribution in [0.15, 0.2) is 78.9 Å². The highest BCUT2D eigenvalue weighted by Gasteiger charge is 2.41. The lowest BCUT2D eigenvalue weighted by atomic mass is 9.89. The van der Waals surface area contributed by atoms with E-state index in [1.807, 2.05) is 75.1 Å². The lowest BCUT2D eigenvalue weighted by molar-refractivity contribution is -0.136. The number of methoxy groups -OCH3 is 2. The Balaban J connectivity index is 0.965. The minimum Gasteiger partial charge on any atom is -0.453 e. The second-order valence-corrected chi connectivity index (χ2v) is 21.3. The van der Waals surface area contributed by atoms with Gasteiger partial charge in [0.15, 0.2) is 11.6 Å². The first kappa shape index (κ1) is 51.3. The SMILES string of the molecule is COC(=O)NC(C(=O)N1CCC[C@H]1c1nc2ccc([C@H]3CC[C@@H](c4ccc5nc([C@@H]6CCCN6C(=O)[C@@H](NC(=O)OC)C(C)C)[nH]c5c4)N3c3cc(F)c(N4CCC(c5ccccc5)CC4)c(F)c3)cc2[nH]1)C(C)C. The number of imidazole rings is 2. The van der Waals surface area contributed by atoms with Crippen molar-refractivity contribution in [2.75, 3.05) is 50.2 Å². The van der Waals surface area contributed by atoms with E-state index in [9.17, 15) is 19.2 Å². The third-order valence-electron chi connectivity index (χ3n) is 16.1. The van der Waals surface area contributed by atoms with Crippen molar-refractivity contribution < 1.29 is 37.4 Å². The van der Waals surface area contributed by atoms with Crippen molar-refractivity contribution in [3.05, 3.63) is 119 Å². The molecule has 4 aliphatic rings. The third kappa shape index (κ3) is 10.2. The highest BCUT2D eigenvalue weighted by atomic mass is 19.1. The molecule has 396 valence electrons. The van der Waals surface area contributed by atoms with Crippen LogP contribution in [0.25, 0.3) is 22.1 Å². The first-order valence-electron chi connectivity index (χ1n) is 26.6. The summed E-state index contributed by atoms with van der Waals surface area (Å²) in [6, 6.07) is 22.6. The Morgan fingerprint density at radius 2 is 1.05 bits per heavy atom. The second-order valence-electron chi connectivity index (χ2n) is 21.3. The number of hydrogen-bond acceptors (Lipinski definition) is 10. The monoisotopic (exact) mass is 1030 g/mol. The molecule has 4 N–H and O–H groups in total. The Hall–Kier alpha value is -7.24. The maximum atomic E-state index is 16.8. The number of nitrogens with zero attached hydrogens (tertiary/aromatic N) is 6. The molecule has 75 heavy (non-hydrogen) atoms. The van der Waals surface area contributed by atoms with Gasteiger partial charge in [-0.15, -0.1) is 0 Å². The van der Waals surface area contributed by atoms with E-state index in [0.29, 0.717) is 75.1 Å². The largest absolute Gasteiger partial charge is 0.453 e. The van der Waals surface area contributed by atoms with E-state index >= 15 is 8.78 Å². The molecule has 0 bridgehead atoms. The Bertz CT molecular complexity index is 2890. The number of aromatic nitrogens is 4. The van der Waals surface area contributed by atoms with Gasteiger partial charge in [-0.05, 0) is 122 Å². The van der Waals surface area contributed by atoms with Crippen LogP contribution in [-0.4, -0.2) is 106 Å². The standard InChI is InChI=1S/C57H68F2N10O6/c1-32(2)49(64-56(72)74-5)54(70)67-24-10-14-47(67)52-60-41-18-16-36(28-43(41)62-52)45-20-21-46(69(45)38-30-39(58)51(40(59)31-38)66-26-22-35(23-27-66)34-12-8-7-9-13-34)37-17-19-42-44(29-37)63-53(61-42)48-15-11-25-68(48)55(71)50(33(3)4)65-57(73)75-6/h7-9,12-13,16-19,28-33,35,45-50H,10-11,14-15,20-27H2,1-6H3,(H,60,62)(H,61,63)(H,64,72)(H,65,73)/t45-,46+,47-,48-,49-,50?/m0/s1. The number of carbonyl (C=O) groups excluding carboxylic acids is 4. The average Bonchev–Trinajstić information content (AvgIpc) is 4.28. The van der Waals surface area contributed by atoms with Crippen LogP contribution in [0.5, 0.6) is 0 Å². The topological polar surface area (TPSA) is 181 Å². The van der Waals surface area contributed by atoms with Gasteiger partial charge < -0.3 is 49.7 Å². The highest BCUT2D eigenvalue weighted by molar-refractivity contribution is 5.88. The number of ether oxygens (including phenoxy) is 2. The van der Waals surface area contributed by atoms with Gasteiger partial charge in [0, 0.05) is 31.9 Å². The normalized spacial score (nSPS) is 21.1. The number of anilines is 2. The van der Waals surface area contributed by atoms with Crippen LogP contribution in [0.4, 0.5) is 29.7 Å². The second kappa shape index (κ2) is 21.5. The number of halogens is 2. The third-order valence-corrected chi connectivity index (χ3v) is 16.1. The number of likely N-dealkylation sites (tertiary alicyclic amines) is 2. The van der Waals surface area contributed by atoms with Gasteiger partial charge in [-0.1, -0.05) is 70.2 Å². The minimum absolute atomic E-state index is 0.00385. The van der Waals surface area contributed by atoms with E-state index in [4.69, 9.17) is 19.4 Å². The van der Waals surface area contributed by atoms with Gasteiger partial charge in [0.25, 0.3) is 0 Å². The number of rotatable bonds is 13. The maximum absolute atomic E-state index is 16.8. The van der Waals surface area contributed by atoms with Gasteiger partial charge in [0.2, 0.25) is 11.8 Å². The van der Waals surface area contributed by atoms with Crippen molar-refractivity contribution in [1.29, 1.82) is 0 Å². The van der Waals surface area contributed by atoms with Gasteiger partial charge in [-0.2, -0.15) is 0 Å². The van der Waals surface area contributed by atoms with E-state index in [1.165, 1.54) is 31.9 Å². The van der Waals surface area contributed by atoms with Crippen LogP contribution >= 0.6 is 0 Å². The quantitative estimate of drug-likeness (QED) is 0.0869. The van der Waals surface area contributed by atoms with Crippen LogP contribution in [0.2, 0.25) is 0 Å². The lowest BCUT2D eigenvalue weighted by Crippen LogP contribution is -2.51. The molecule has 2 aromatic heterocycles. The van der Waals surface area contributed by atoms with E-state index in [0.717, 1.165) is 58.9 Å². The van der Waals surface area contributed by atoms with Crippen molar-refractivity contribution in [3.8, 4) is 0 Å². The summed E-state index contributed by atoms with van der Waals surface area (Å²) in [5, 5.41) is 5.43. The number of hydrogen-bond donors (Lipinski definition) is 4. The summed E-state index contributed by atoms with van der Waals surface area (Å²) in [7, 11) is 2.55. The molecular formula is C57H68F2N10O6. The van der Waals surface area contributed by atoms with Crippen LogP contribution in [0.3, 0.4) is 0 Å². The molecule has 4 saturated heterocycles. The number of fused-ring (bicyclic) bond motifs is 2.